The molecular formula is C47H78O6. The lowest BCUT2D eigenvalue weighted by atomic mass is 10.1. The predicted molar refractivity (Wildman–Crippen MR) is 224 cm³/mol. The van der Waals surface area contributed by atoms with Crippen LogP contribution in [0.15, 0.2) is 72.9 Å². The summed E-state index contributed by atoms with van der Waals surface area (Å²) in [6, 6.07) is 0. The summed E-state index contributed by atoms with van der Waals surface area (Å²) in [7, 11) is 0. The Kier molecular flexibility index (Phi) is 39.1. The Balaban J connectivity index is 4.44. The molecule has 0 aliphatic rings. The van der Waals surface area contributed by atoms with Crippen LogP contribution in [0, 0.1) is 0 Å². The highest BCUT2D eigenvalue weighted by Crippen LogP contribution is 2.12. The van der Waals surface area contributed by atoms with Crippen molar-refractivity contribution >= 4 is 17.9 Å². The van der Waals surface area contributed by atoms with Gasteiger partial charge in [-0.2, -0.15) is 0 Å². The van der Waals surface area contributed by atoms with Gasteiger partial charge in [0.25, 0.3) is 0 Å². The van der Waals surface area contributed by atoms with Gasteiger partial charge in [0.2, 0.25) is 0 Å². The molecule has 0 fully saturated rings. The van der Waals surface area contributed by atoms with Crippen LogP contribution in [0.25, 0.3) is 0 Å². The van der Waals surface area contributed by atoms with Gasteiger partial charge in [-0.3, -0.25) is 14.4 Å². The maximum Gasteiger partial charge on any atom is 0.306 e. The zero-order chi connectivity index (χ0) is 38.7. The normalized spacial score (nSPS) is 12.7. The van der Waals surface area contributed by atoms with Crippen molar-refractivity contribution in [3.05, 3.63) is 72.9 Å². The molecule has 53 heavy (non-hydrogen) atoms. The van der Waals surface area contributed by atoms with E-state index in [1.807, 2.05) is 0 Å². The molecule has 0 spiro atoms. The van der Waals surface area contributed by atoms with E-state index in [4.69, 9.17) is 14.2 Å². The highest BCUT2D eigenvalue weighted by Gasteiger charge is 2.19. The van der Waals surface area contributed by atoms with Crippen molar-refractivity contribution in [3.8, 4) is 0 Å². The first-order chi connectivity index (χ1) is 26.0. The molecule has 0 aliphatic heterocycles. The summed E-state index contributed by atoms with van der Waals surface area (Å²) < 4.78 is 16.5. The number of carbonyl (C=O) groups excluding carboxylic acids is 3. The number of ether oxygens (including phenoxy) is 3. The van der Waals surface area contributed by atoms with Gasteiger partial charge in [0, 0.05) is 19.3 Å². The van der Waals surface area contributed by atoms with Gasteiger partial charge in [0.15, 0.2) is 6.10 Å². The Morgan fingerprint density at radius 3 is 1.26 bits per heavy atom. The van der Waals surface area contributed by atoms with Crippen LogP contribution in [0.1, 0.15) is 188 Å². The van der Waals surface area contributed by atoms with E-state index >= 15 is 0 Å². The SMILES string of the molecule is CC/C=C\C/C=C\C/C=C\CCCC(=O)OC(COC(=O)CCCC/C=C\C/C=C\CC)COC(=O)CCCCCCCCC/C=C\CCCCCC. The minimum atomic E-state index is -0.812. The summed E-state index contributed by atoms with van der Waals surface area (Å²) in [5.74, 6) is -1.02. The highest BCUT2D eigenvalue weighted by atomic mass is 16.6. The van der Waals surface area contributed by atoms with Crippen molar-refractivity contribution in [2.75, 3.05) is 13.2 Å². The number of esters is 3. The van der Waals surface area contributed by atoms with E-state index in [1.54, 1.807) is 0 Å². The van der Waals surface area contributed by atoms with Gasteiger partial charge in [0.05, 0.1) is 0 Å². The average molecular weight is 739 g/mol. The molecule has 0 saturated carbocycles. The van der Waals surface area contributed by atoms with Crippen LogP contribution in [-0.4, -0.2) is 37.2 Å². The van der Waals surface area contributed by atoms with E-state index in [2.05, 4.69) is 93.7 Å². The molecule has 0 aromatic carbocycles. The minimum absolute atomic E-state index is 0.109. The minimum Gasteiger partial charge on any atom is -0.462 e. The van der Waals surface area contributed by atoms with Crippen molar-refractivity contribution < 1.29 is 28.6 Å². The Hall–Kier alpha value is -3.15. The molecule has 0 aliphatic carbocycles. The summed E-state index contributed by atoms with van der Waals surface area (Å²) in [6.45, 7) is 6.27. The van der Waals surface area contributed by atoms with Gasteiger partial charge in [0.1, 0.15) is 13.2 Å². The second-order valence-corrected chi connectivity index (χ2v) is 13.8. The van der Waals surface area contributed by atoms with Crippen molar-refractivity contribution in [3.63, 3.8) is 0 Å². The third-order valence-corrected chi connectivity index (χ3v) is 8.68. The molecule has 6 heteroatoms. The molecule has 0 aromatic heterocycles. The summed E-state index contributed by atoms with van der Waals surface area (Å²) in [4.78, 5) is 37.5. The van der Waals surface area contributed by atoms with Crippen molar-refractivity contribution in [1.82, 2.24) is 0 Å². The molecule has 0 N–H and O–H groups in total. The van der Waals surface area contributed by atoms with Gasteiger partial charge >= 0.3 is 17.9 Å². The molecule has 0 radical (unpaired) electrons. The maximum absolute atomic E-state index is 12.6. The molecule has 0 bridgehead atoms. The zero-order valence-corrected chi connectivity index (χ0v) is 34.3. The van der Waals surface area contributed by atoms with Crippen LogP contribution in [0.2, 0.25) is 0 Å². The van der Waals surface area contributed by atoms with Gasteiger partial charge < -0.3 is 14.2 Å². The van der Waals surface area contributed by atoms with Crippen LogP contribution in [-0.2, 0) is 28.6 Å². The van der Waals surface area contributed by atoms with Crippen LogP contribution in [0.4, 0.5) is 0 Å². The fourth-order valence-corrected chi connectivity index (χ4v) is 5.50. The van der Waals surface area contributed by atoms with Crippen LogP contribution < -0.4 is 0 Å². The van der Waals surface area contributed by atoms with E-state index in [0.717, 1.165) is 77.0 Å². The van der Waals surface area contributed by atoms with Crippen LogP contribution in [0.3, 0.4) is 0 Å². The molecule has 0 rings (SSSR count). The number of carbonyl (C=O) groups is 3. The summed E-state index contributed by atoms with van der Waals surface area (Å²) in [5.41, 5.74) is 0. The number of hydrogen-bond donors (Lipinski definition) is 0. The molecule has 1 unspecified atom stereocenters. The smallest absolute Gasteiger partial charge is 0.306 e. The Morgan fingerprint density at radius 2 is 0.755 bits per heavy atom. The second kappa shape index (κ2) is 41.6. The number of unbranched alkanes of at least 4 members (excludes halogenated alkanes) is 14. The van der Waals surface area contributed by atoms with E-state index in [0.29, 0.717) is 19.3 Å². The molecule has 0 saturated heterocycles. The first-order valence-corrected chi connectivity index (χ1v) is 21.4. The summed E-state index contributed by atoms with van der Waals surface area (Å²) in [6.07, 6.45) is 50.5. The van der Waals surface area contributed by atoms with Crippen LogP contribution >= 0.6 is 0 Å². The van der Waals surface area contributed by atoms with Crippen molar-refractivity contribution in [2.45, 2.75) is 194 Å². The molecule has 1 atom stereocenters. The molecule has 302 valence electrons. The average Bonchev–Trinajstić information content (AvgIpc) is 3.15. The second-order valence-electron chi connectivity index (χ2n) is 13.8. The Bertz CT molecular complexity index is 1030. The van der Waals surface area contributed by atoms with E-state index in [-0.39, 0.29) is 37.5 Å². The molecular weight excluding hydrogens is 661 g/mol. The quantitative estimate of drug-likeness (QED) is 0.0273. The standard InChI is InChI=1S/C47H78O6/c1-4-7-10-13-16-19-21-22-23-24-26-28-31-34-37-40-46(49)52-43-44(42-51-45(48)39-36-33-30-27-18-15-12-9-6-3)53-47(50)41-38-35-32-29-25-20-17-14-11-8-5-2/h8-9,11-12,17-21,27,29,32,44H,4-7,10,13-16,22-26,28,30-31,33-43H2,1-3H3/b11-8-,12-9-,20-17-,21-19-,27-18-,32-29-. The number of rotatable bonds is 37. The molecule has 6 nitrogen and oxygen atoms in total. The predicted octanol–water partition coefficient (Wildman–Crippen LogP) is 13.5. The zero-order valence-electron chi connectivity index (χ0n) is 34.3. The first kappa shape index (κ1) is 49.9. The lowest BCUT2D eigenvalue weighted by Gasteiger charge is -2.18. The van der Waals surface area contributed by atoms with E-state index in [9.17, 15) is 14.4 Å². The third kappa shape index (κ3) is 39.9. The number of allylic oxidation sites excluding steroid dienone is 12. The van der Waals surface area contributed by atoms with E-state index < -0.39 is 6.10 Å². The molecule has 0 amide bonds. The fourth-order valence-electron chi connectivity index (χ4n) is 5.50. The maximum atomic E-state index is 12.6. The lowest BCUT2D eigenvalue weighted by molar-refractivity contribution is -0.167. The van der Waals surface area contributed by atoms with E-state index in [1.165, 1.54) is 64.2 Å². The fraction of sp³-hybridized carbons (Fsp3) is 0.681. The topological polar surface area (TPSA) is 78.9 Å². The number of hydrogen-bond acceptors (Lipinski definition) is 6. The first-order valence-electron chi connectivity index (χ1n) is 21.4. The van der Waals surface area contributed by atoms with Gasteiger partial charge in [-0.05, 0) is 96.3 Å². The van der Waals surface area contributed by atoms with Crippen LogP contribution in [0.5, 0.6) is 0 Å². The summed E-state index contributed by atoms with van der Waals surface area (Å²) >= 11 is 0. The third-order valence-electron chi connectivity index (χ3n) is 8.68. The largest absolute Gasteiger partial charge is 0.462 e. The summed E-state index contributed by atoms with van der Waals surface area (Å²) in [5, 5.41) is 0. The molecule has 0 heterocycles. The molecule has 0 aromatic rings. The van der Waals surface area contributed by atoms with Gasteiger partial charge in [-0.15, -0.1) is 0 Å². The Labute approximate surface area is 325 Å². The highest BCUT2D eigenvalue weighted by molar-refractivity contribution is 5.71. The van der Waals surface area contributed by atoms with Crippen molar-refractivity contribution in [1.29, 1.82) is 0 Å². The Morgan fingerprint density at radius 1 is 0.396 bits per heavy atom. The van der Waals surface area contributed by atoms with Gasteiger partial charge in [-0.1, -0.05) is 145 Å². The monoisotopic (exact) mass is 739 g/mol. The van der Waals surface area contributed by atoms with Gasteiger partial charge in [-0.25, -0.2) is 0 Å². The van der Waals surface area contributed by atoms with Crippen molar-refractivity contribution in [2.24, 2.45) is 0 Å². The lowest BCUT2D eigenvalue weighted by Crippen LogP contribution is -2.30.